The standard InChI is InChI=1S/C2H3O3P.K/c1-2-5-6(3)4;/h2H,1H2;/q;+1. The number of hydrogen-bond donors (Lipinski definition) is 0. The Labute approximate surface area is 85.1 Å². The first-order valence-electron chi connectivity index (χ1n) is 1.19. The monoisotopic (exact) mass is 145 g/mol. The summed E-state index contributed by atoms with van der Waals surface area (Å²) in [6, 6.07) is 0. The van der Waals surface area contributed by atoms with Crippen LogP contribution in [0.25, 0.3) is 0 Å². The van der Waals surface area contributed by atoms with Crippen LogP contribution in [-0.4, -0.2) is 0 Å². The molecule has 34 valence electrons. The second-order valence-corrected chi connectivity index (χ2v) is 1.15. The van der Waals surface area contributed by atoms with Gasteiger partial charge in [0.05, 0.1) is 0 Å². The van der Waals surface area contributed by atoms with Crippen molar-refractivity contribution >= 4 is 8.25 Å². The molecule has 0 aliphatic carbocycles. The van der Waals surface area contributed by atoms with Crippen LogP contribution in [0.5, 0.6) is 0 Å². The summed E-state index contributed by atoms with van der Waals surface area (Å²) in [5, 5.41) is 0. The van der Waals surface area contributed by atoms with Crippen molar-refractivity contribution in [2.24, 2.45) is 0 Å². The zero-order chi connectivity index (χ0) is 4.99. The Morgan fingerprint density at radius 1 is 1.86 bits per heavy atom. The fourth-order valence-corrected chi connectivity index (χ4v) is 0.183. The van der Waals surface area contributed by atoms with E-state index in [1.807, 2.05) is 0 Å². The first-order valence-corrected chi connectivity index (χ1v) is 2.29. The fraction of sp³-hybridized carbons (Fsp3) is 0. The van der Waals surface area contributed by atoms with Gasteiger partial charge in [-0.15, -0.1) is 0 Å². The minimum atomic E-state index is -2.72. The normalized spacial score (nSPS) is 8.43. The van der Waals surface area contributed by atoms with Gasteiger partial charge in [0.25, 0.3) is 0 Å². The Bertz CT molecular complexity index is 73.3. The molecular weight excluding hydrogens is 142 g/mol. The molecule has 0 spiro atoms. The van der Waals surface area contributed by atoms with Gasteiger partial charge in [0, 0.05) is 0 Å². The average molecular weight is 145 g/mol. The summed E-state index contributed by atoms with van der Waals surface area (Å²) in [5.74, 6) is 0. The van der Waals surface area contributed by atoms with Crippen LogP contribution in [0.3, 0.4) is 0 Å². The van der Waals surface area contributed by atoms with Crippen LogP contribution in [-0.2, 0) is 9.09 Å². The summed E-state index contributed by atoms with van der Waals surface area (Å²) in [5.41, 5.74) is 0. The molecule has 0 saturated carbocycles. The van der Waals surface area contributed by atoms with E-state index in [4.69, 9.17) is 0 Å². The summed E-state index contributed by atoms with van der Waals surface area (Å²) in [6.07, 6.45) is 0.853. The van der Waals surface area contributed by atoms with Crippen molar-refractivity contribution in [3.63, 3.8) is 0 Å². The van der Waals surface area contributed by atoms with Crippen molar-refractivity contribution < 1.29 is 65.4 Å². The van der Waals surface area contributed by atoms with Crippen molar-refractivity contribution in [2.45, 2.75) is 0 Å². The first kappa shape index (κ1) is 11.1. The van der Waals surface area contributed by atoms with Crippen molar-refractivity contribution in [3.8, 4) is 0 Å². The molecule has 0 heterocycles. The molecule has 7 heavy (non-hydrogen) atoms. The summed E-state index contributed by atoms with van der Waals surface area (Å²) in [7, 11) is -2.72. The van der Waals surface area contributed by atoms with E-state index in [1.165, 1.54) is 0 Å². The zero-order valence-corrected chi connectivity index (χ0v) is 7.97. The van der Waals surface area contributed by atoms with E-state index < -0.39 is 8.25 Å². The van der Waals surface area contributed by atoms with Gasteiger partial charge in [-0.3, -0.25) is 4.52 Å². The molecule has 0 aliphatic heterocycles. The molecule has 1 unspecified atom stereocenters. The van der Waals surface area contributed by atoms with E-state index in [9.17, 15) is 9.46 Å². The molecule has 0 aliphatic rings. The predicted octanol–water partition coefficient (Wildman–Crippen LogP) is -2.83. The van der Waals surface area contributed by atoms with Crippen LogP contribution in [0.2, 0.25) is 0 Å². The van der Waals surface area contributed by atoms with Crippen LogP contribution in [0.4, 0.5) is 0 Å². The van der Waals surface area contributed by atoms with E-state index in [1.54, 1.807) is 0 Å². The molecule has 5 heteroatoms. The Balaban J connectivity index is 0. The van der Waals surface area contributed by atoms with E-state index in [0.29, 0.717) is 0 Å². The van der Waals surface area contributed by atoms with Gasteiger partial charge in [-0.2, -0.15) is 0 Å². The van der Waals surface area contributed by atoms with Gasteiger partial charge in [-0.1, -0.05) is 6.58 Å². The minimum absolute atomic E-state index is 0. The molecule has 0 bridgehead atoms. The molecule has 0 saturated heterocycles. The van der Waals surface area contributed by atoms with Crippen molar-refractivity contribution in [3.05, 3.63) is 12.8 Å². The summed E-state index contributed by atoms with van der Waals surface area (Å²) in [6.45, 7) is 2.99. The summed E-state index contributed by atoms with van der Waals surface area (Å²) in [4.78, 5) is 9.34. The van der Waals surface area contributed by atoms with Gasteiger partial charge in [0.2, 0.25) is 0 Å². The van der Waals surface area contributed by atoms with Crippen molar-refractivity contribution in [1.82, 2.24) is 0 Å². The van der Waals surface area contributed by atoms with Gasteiger partial charge >= 0.3 is 59.6 Å². The maximum Gasteiger partial charge on any atom is 1.00 e. The first-order chi connectivity index (χ1) is 2.77. The Hall–Kier alpha value is 1.24. The van der Waals surface area contributed by atoms with Gasteiger partial charge in [0.1, 0.15) is 6.26 Å². The molecule has 0 amide bonds. The average Bonchev–Trinajstić information content (AvgIpc) is 1.35. The van der Waals surface area contributed by atoms with Crippen LogP contribution in [0.15, 0.2) is 12.8 Å². The molecule has 0 fully saturated rings. The summed E-state index contributed by atoms with van der Waals surface area (Å²) >= 11 is 0. The van der Waals surface area contributed by atoms with Gasteiger partial charge < -0.3 is 4.89 Å². The topological polar surface area (TPSA) is 49.4 Å². The van der Waals surface area contributed by atoms with E-state index in [0.717, 1.165) is 6.26 Å². The zero-order valence-electron chi connectivity index (χ0n) is 3.96. The third-order valence-corrected chi connectivity index (χ3v) is 0.482. The summed E-state index contributed by atoms with van der Waals surface area (Å²) < 4.78 is 13.1. The number of rotatable bonds is 2. The van der Waals surface area contributed by atoms with E-state index in [2.05, 4.69) is 11.1 Å². The molecule has 3 nitrogen and oxygen atoms in total. The van der Waals surface area contributed by atoms with E-state index >= 15 is 0 Å². The fourth-order valence-electron chi connectivity index (χ4n) is 0.0609. The maximum absolute atomic E-state index is 9.34. The van der Waals surface area contributed by atoms with Gasteiger partial charge in [-0.25, -0.2) is 0 Å². The Morgan fingerprint density at radius 3 is 2.29 bits per heavy atom. The van der Waals surface area contributed by atoms with Crippen LogP contribution in [0.1, 0.15) is 0 Å². The third kappa shape index (κ3) is 11.1. The second kappa shape index (κ2) is 7.24. The molecule has 0 aromatic carbocycles. The maximum atomic E-state index is 9.34. The third-order valence-electron chi connectivity index (χ3n) is 0.161. The molecule has 0 aromatic heterocycles. The number of hydrogen-bond acceptors (Lipinski definition) is 3. The van der Waals surface area contributed by atoms with Crippen LogP contribution >= 0.6 is 8.25 Å². The Kier molecular flexibility index (Phi) is 11.5. The van der Waals surface area contributed by atoms with Crippen LogP contribution in [0, 0.1) is 0 Å². The second-order valence-electron chi connectivity index (χ2n) is 0.496. The minimum Gasteiger partial charge on any atom is -0.558 e. The molecule has 0 rings (SSSR count). The van der Waals surface area contributed by atoms with Gasteiger partial charge in [0.15, 0.2) is 0 Å². The van der Waals surface area contributed by atoms with Crippen LogP contribution < -0.4 is 56.3 Å². The molecular formula is C2H3KO3P+. The quantitative estimate of drug-likeness (QED) is 0.239. The molecule has 0 radical (unpaired) electrons. The van der Waals surface area contributed by atoms with Crippen molar-refractivity contribution in [2.75, 3.05) is 0 Å². The van der Waals surface area contributed by atoms with Gasteiger partial charge in [-0.05, 0) is 4.57 Å². The Morgan fingerprint density at radius 2 is 2.29 bits per heavy atom. The van der Waals surface area contributed by atoms with Crippen molar-refractivity contribution in [1.29, 1.82) is 0 Å². The smallest absolute Gasteiger partial charge is 0.558 e. The van der Waals surface area contributed by atoms with E-state index in [-0.39, 0.29) is 51.4 Å². The molecule has 0 aromatic rings. The largest absolute Gasteiger partial charge is 1.00 e. The molecule has 1 atom stereocenters. The SMILES string of the molecule is C=CO[P+](=O)[O-].[K+]. The molecule has 0 N–H and O–H groups in total. The predicted molar refractivity (Wildman–Crippen MR) is 18.9 cm³/mol.